The summed E-state index contributed by atoms with van der Waals surface area (Å²) in [6.07, 6.45) is 1.59. The van der Waals surface area contributed by atoms with Crippen molar-refractivity contribution in [3.63, 3.8) is 0 Å². The van der Waals surface area contributed by atoms with E-state index in [0.29, 0.717) is 10.2 Å². The molecular weight excluding hydrogens is 334 g/mol. The number of hydrogen-bond donors (Lipinski definition) is 2. The lowest BCUT2D eigenvalue weighted by Crippen LogP contribution is -2.26. The second-order valence-electron chi connectivity index (χ2n) is 4.85. The molecule has 5 nitrogen and oxygen atoms in total. The molecule has 0 radical (unpaired) electrons. The average Bonchev–Trinajstić information content (AvgIpc) is 2.47. The summed E-state index contributed by atoms with van der Waals surface area (Å²) in [4.78, 5) is 12.1. The zero-order valence-electron chi connectivity index (χ0n) is 12.0. The van der Waals surface area contributed by atoms with Crippen LogP contribution in [0, 0.1) is 6.92 Å². The Morgan fingerprint density at radius 3 is 2.81 bits per heavy atom. The van der Waals surface area contributed by atoms with E-state index in [9.17, 15) is 4.79 Å². The molecule has 0 spiro atoms. The Morgan fingerprint density at radius 1 is 1.43 bits per heavy atom. The molecule has 1 atom stereocenters. The zero-order valence-corrected chi connectivity index (χ0v) is 13.6. The summed E-state index contributed by atoms with van der Waals surface area (Å²) >= 11 is 3.30. The predicted molar refractivity (Wildman–Crippen MR) is 86.5 cm³/mol. The Morgan fingerprint density at radius 2 is 2.14 bits per heavy atom. The molecule has 1 unspecified atom stereocenters. The molecule has 1 aromatic heterocycles. The number of hydrogen-bond acceptors (Lipinski definition) is 4. The van der Waals surface area contributed by atoms with Crippen LogP contribution < -0.4 is 10.9 Å². The van der Waals surface area contributed by atoms with Gasteiger partial charge >= 0.3 is 0 Å². The molecule has 0 amide bonds. The van der Waals surface area contributed by atoms with Crippen molar-refractivity contribution < 1.29 is 5.11 Å². The first-order chi connectivity index (χ1) is 10.0. The molecule has 0 aliphatic rings. The summed E-state index contributed by atoms with van der Waals surface area (Å²) in [5, 5.41) is 16.2. The largest absolute Gasteiger partial charge is 0.394 e. The van der Waals surface area contributed by atoms with Crippen LogP contribution in [-0.2, 0) is 6.54 Å². The van der Waals surface area contributed by atoms with Crippen molar-refractivity contribution in [3.05, 3.63) is 56.4 Å². The van der Waals surface area contributed by atoms with Gasteiger partial charge < -0.3 is 10.4 Å². The minimum atomic E-state index is -0.258. The van der Waals surface area contributed by atoms with E-state index in [1.54, 1.807) is 6.20 Å². The number of aromatic nitrogens is 2. The minimum Gasteiger partial charge on any atom is -0.394 e. The van der Waals surface area contributed by atoms with Crippen LogP contribution in [0.5, 0.6) is 0 Å². The van der Waals surface area contributed by atoms with Crippen molar-refractivity contribution in [1.29, 1.82) is 0 Å². The van der Waals surface area contributed by atoms with Crippen LogP contribution in [0.2, 0.25) is 0 Å². The molecule has 0 saturated carbocycles. The van der Waals surface area contributed by atoms with Crippen molar-refractivity contribution in [3.8, 4) is 0 Å². The third-order valence-corrected chi connectivity index (χ3v) is 4.09. The number of rotatable bonds is 5. The van der Waals surface area contributed by atoms with Gasteiger partial charge in [-0.3, -0.25) is 4.79 Å². The van der Waals surface area contributed by atoms with Crippen molar-refractivity contribution in [1.82, 2.24) is 9.78 Å². The van der Waals surface area contributed by atoms with Crippen LogP contribution in [0.25, 0.3) is 0 Å². The van der Waals surface area contributed by atoms with Crippen molar-refractivity contribution in [2.45, 2.75) is 26.4 Å². The van der Waals surface area contributed by atoms with Gasteiger partial charge in [-0.2, -0.15) is 5.10 Å². The molecule has 0 aliphatic heterocycles. The highest BCUT2D eigenvalue weighted by atomic mass is 79.9. The predicted octanol–water partition coefficient (Wildman–Crippen LogP) is 2.48. The van der Waals surface area contributed by atoms with E-state index < -0.39 is 0 Å². The quantitative estimate of drug-likeness (QED) is 0.868. The van der Waals surface area contributed by atoms with Gasteiger partial charge in [-0.25, -0.2) is 4.68 Å². The van der Waals surface area contributed by atoms with Gasteiger partial charge in [-0.15, -0.1) is 0 Å². The highest BCUT2D eigenvalue weighted by Crippen LogP contribution is 2.24. The van der Waals surface area contributed by atoms with E-state index in [1.165, 1.54) is 15.8 Å². The van der Waals surface area contributed by atoms with Crippen LogP contribution in [0.3, 0.4) is 0 Å². The normalized spacial score (nSPS) is 12.2. The van der Waals surface area contributed by atoms with E-state index in [-0.39, 0.29) is 24.8 Å². The molecule has 21 heavy (non-hydrogen) atoms. The number of aryl methyl sites for hydroxylation is 1. The molecule has 0 bridgehead atoms. The number of halogens is 1. The summed E-state index contributed by atoms with van der Waals surface area (Å²) in [5.74, 6) is 0. The van der Waals surface area contributed by atoms with Crippen LogP contribution in [0.1, 0.15) is 24.1 Å². The van der Waals surface area contributed by atoms with E-state index in [0.717, 1.165) is 0 Å². The molecule has 1 heterocycles. The SMILES string of the molecule is Cc1ccccc1C(C)Nc1cnn(CCO)c(=O)c1Br. The monoisotopic (exact) mass is 351 g/mol. The number of aliphatic hydroxyl groups excluding tert-OH is 1. The van der Waals surface area contributed by atoms with Crippen LogP contribution in [0.4, 0.5) is 5.69 Å². The van der Waals surface area contributed by atoms with Crippen molar-refractivity contribution in [2.75, 3.05) is 11.9 Å². The van der Waals surface area contributed by atoms with Crippen molar-refractivity contribution >= 4 is 21.6 Å². The number of nitrogens with zero attached hydrogens (tertiary/aromatic N) is 2. The van der Waals surface area contributed by atoms with E-state index >= 15 is 0 Å². The summed E-state index contributed by atoms with van der Waals surface area (Å²) in [7, 11) is 0. The average molecular weight is 352 g/mol. The fraction of sp³-hybridized carbons (Fsp3) is 0.333. The molecular formula is C15H18BrN3O2. The van der Waals surface area contributed by atoms with Gasteiger partial charge in [0.25, 0.3) is 5.56 Å². The fourth-order valence-electron chi connectivity index (χ4n) is 2.20. The second-order valence-corrected chi connectivity index (χ2v) is 5.64. The van der Waals surface area contributed by atoms with Gasteiger partial charge in [-0.05, 0) is 40.9 Å². The third kappa shape index (κ3) is 3.51. The van der Waals surface area contributed by atoms with E-state index in [2.05, 4.69) is 45.4 Å². The molecule has 2 rings (SSSR count). The summed E-state index contributed by atoms with van der Waals surface area (Å²) in [6.45, 7) is 4.16. The van der Waals surface area contributed by atoms with Crippen LogP contribution >= 0.6 is 15.9 Å². The Hall–Kier alpha value is -1.66. The molecule has 2 aromatic rings. The first kappa shape index (κ1) is 15.7. The number of nitrogens with one attached hydrogen (secondary N) is 1. The smallest absolute Gasteiger partial charge is 0.283 e. The highest BCUT2D eigenvalue weighted by molar-refractivity contribution is 9.10. The Bertz CT molecular complexity index is 685. The number of aliphatic hydroxyl groups is 1. The lowest BCUT2D eigenvalue weighted by atomic mass is 10.0. The maximum atomic E-state index is 12.1. The Labute approximate surface area is 131 Å². The molecule has 0 saturated heterocycles. The topological polar surface area (TPSA) is 67.2 Å². The van der Waals surface area contributed by atoms with Gasteiger partial charge in [0.1, 0.15) is 4.47 Å². The third-order valence-electron chi connectivity index (χ3n) is 3.32. The first-order valence-electron chi connectivity index (χ1n) is 6.73. The molecule has 2 N–H and O–H groups in total. The molecule has 6 heteroatoms. The molecule has 0 fully saturated rings. The maximum absolute atomic E-state index is 12.1. The minimum absolute atomic E-state index is 0.0531. The number of benzene rings is 1. The second kappa shape index (κ2) is 6.87. The summed E-state index contributed by atoms with van der Waals surface area (Å²) < 4.78 is 1.65. The van der Waals surface area contributed by atoms with Crippen molar-refractivity contribution in [2.24, 2.45) is 0 Å². The van der Waals surface area contributed by atoms with Gasteiger partial charge in [-0.1, -0.05) is 24.3 Å². The molecule has 0 aliphatic carbocycles. The van der Waals surface area contributed by atoms with E-state index in [1.807, 2.05) is 19.1 Å². The lowest BCUT2D eigenvalue weighted by molar-refractivity contribution is 0.266. The van der Waals surface area contributed by atoms with E-state index in [4.69, 9.17) is 5.11 Å². The highest BCUT2D eigenvalue weighted by Gasteiger charge is 2.13. The molecule has 112 valence electrons. The lowest BCUT2D eigenvalue weighted by Gasteiger charge is -2.18. The maximum Gasteiger partial charge on any atom is 0.283 e. The molecule has 1 aromatic carbocycles. The van der Waals surface area contributed by atoms with Gasteiger partial charge in [0.2, 0.25) is 0 Å². The van der Waals surface area contributed by atoms with Crippen LogP contribution in [0.15, 0.2) is 39.7 Å². The Kier molecular flexibility index (Phi) is 5.14. The van der Waals surface area contributed by atoms with Gasteiger partial charge in [0.15, 0.2) is 0 Å². The summed E-state index contributed by atoms with van der Waals surface area (Å²) in [6, 6.07) is 8.16. The first-order valence-corrected chi connectivity index (χ1v) is 7.52. The van der Waals surface area contributed by atoms with Crippen LogP contribution in [-0.4, -0.2) is 21.5 Å². The van der Waals surface area contributed by atoms with Gasteiger partial charge in [0, 0.05) is 6.04 Å². The zero-order chi connectivity index (χ0) is 15.4. The van der Waals surface area contributed by atoms with Gasteiger partial charge in [0.05, 0.1) is 25.0 Å². The number of anilines is 1. The standard InChI is InChI=1S/C15H18BrN3O2/c1-10-5-3-4-6-12(10)11(2)18-13-9-17-19(7-8-20)15(21)14(13)16/h3-6,9,11,18,20H,7-8H2,1-2H3. The summed E-state index contributed by atoms with van der Waals surface area (Å²) in [5.41, 5.74) is 2.75. The Balaban J connectivity index is 2.26. The fourth-order valence-corrected chi connectivity index (χ4v) is 2.62.